The number of carbonyl (C=O) groups is 1. The predicted octanol–water partition coefficient (Wildman–Crippen LogP) is -1.80. The molecule has 0 saturated heterocycles. The summed E-state index contributed by atoms with van der Waals surface area (Å²) in [6.45, 7) is 9.11. The minimum absolute atomic E-state index is 0. The Kier molecular flexibility index (Phi) is 63.1. The van der Waals surface area contributed by atoms with Gasteiger partial charge >= 0.3 is 59.1 Å². The summed E-state index contributed by atoms with van der Waals surface area (Å²) in [6.07, 6.45) is 5.92. The largest absolute Gasteiger partial charge is 1.00 e. The van der Waals surface area contributed by atoms with Crippen molar-refractivity contribution in [2.24, 2.45) is 17.8 Å². The van der Waals surface area contributed by atoms with Crippen LogP contribution in [-0.4, -0.2) is 26.4 Å². The molecule has 1 fully saturated rings. The summed E-state index contributed by atoms with van der Waals surface area (Å²) in [5, 5.41) is 12.0. The van der Waals surface area contributed by atoms with E-state index in [0.29, 0.717) is 0 Å². The van der Waals surface area contributed by atoms with Gasteiger partial charge in [-0.3, -0.25) is 10.5 Å². The Hall–Kier alpha value is 2.38. The minimum atomic E-state index is -0.250. The van der Waals surface area contributed by atoms with Gasteiger partial charge in [0.1, 0.15) is 6.79 Å². The smallest absolute Gasteiger partial charge is 1.00 e. The molecule has 0 aromatic carbocycles. The van der Waals surface area contributed by atoms with Crippen molar-refractivity contribution in [2.45, 2.75) is 46.5 Å². The van der Waals surface area contributed by atoms with Gasteiger partial charge in [-0.05, 0) is 30.6 Å². The van der Waals surface area contributed by atoms with Crippen molar-refractivity contribution in [3.05, 3.63) is 0 Å². The van der Waals surface area contributed by atoms with E-state index in [1.807, 2.05) is 6.79 Å². The van der Waals surface area contributed by atoms with Crippen molar-refractivity contribution < 1.29 is 103 Å². The summed E-state index contributed by atoms with van der Waals surface area (Å²) in [7, 11) is 0. The van der Waals surface area contributed by atoms with E-state index in [-0.39, 0.29) is 91.4 Å². The Labute approximate surface area is 185 Å². The van der Waals surface area contributed by atoms with Crippen LogP contribution in [0.5, 0.6) is 0 Å². The van der Waals surface area contributed by atoms with E-state index in [1.165, 1.54) is 25.7 Å². The van der Waals surface area contributed by atoms with Crippen LogP contribution in [0.2, 0.25) is 0 Å². The fourth-order valence-corrected chi connectivity index (χ4v) is 1.95. The second-order valence-corrected chi connectivity index (χ2v) is 4.51. The third kappa shape index (κ3) is 28.5. The van der Waals surface area contributed by atoms with Crippen LogP contribution >= 0.6 is 12.3 Å². The molecule has 118 valence electrons. The number of hydrogen-bond donors (Lipinski definition) is 4. The van der Waals surface area contributed by atoms with Gasteiger partial charge in [-0.15, -0.1) is 0 Å². The maximum absolute atomic E-state index is 8.00. The zero-order valence-electron chi connectivity index (χ0n) is 15.2. The topological polar surface area (TPSA) is 98.0 Å². The van der Waals surface area contributed by atoms with Crippen LogP contribution in [0, 0.1) is 17.8 Å². The summed E-state index contributed by atoms with van der Waals surface area (Å²) in [5.74, 6) is 2.97. The maximum atomic E-state index is 8.00. The van der Waals surface area contributed by atoms with Crippen molar-refractivity contribution in [1.82, 2.24) is 0 Å². The molecule has 1 aliphatic rings. The van der Waals surface area contributed by atoms with Crippen LogP contribution in [0.25, 0.3) is 0 Å². The molecule has 4 N–H and O–H groups in total. The molecule has 9 heteroatoms. The second kappa shape index (κ2) is 33.1. The summed E-state index contributed by atoms with van der Waals surface area (Å²) >= 11 is -0.250. The number of hydrogen-bond acceptors (Lipinski definition) is 6. The average molecular weight is 374 g/mol. The molecule has 0 spiro atoms. The van der Waals surface area contributed by atoms with Crippen LogP contribution in [0.4, 0.5) is 0 Å². The quantitative estimate of drug-likeness (QED) is 0.187. The first-order chi connectivity index (χ1) is 8.11. The SMILES string of the molecule is C=O.CC1CCC(C(C)C)CC1.OO.OSO.[Fe].[H-].[H-].[Na+].[Na+]. The molecular weight excluding hydrogens is 346 g/mol. The Morgan fingerprint density at radius 1 is 1.05 bits per heavy atom. The summed E-state index contributed by atoms with van der Waals surface area (Å²) in [6, 6.07) is 0. The van der Waals surface area contributed by atoms with E-state index in [9.17, 15) is 0 Å². The third-order valence-corrected chi connectivity index (χ3v) is 3.00. The van der Waals surface area contributed by atoms with Crippen molar-refractivity contribution in [2.75, 3.05) is 0 Å². The standard InChI is InChI=1S/C10H20.CH2O.Fe.2Na.H2O2S.H2O2.2H/c1-8(2)10-6-4-9(3)5-7-10;1-2;;;;1-3-2;1-2;;/h8-10H,4-7H2,1-3H3;1H2;;;;1-2H;1-2H;;/q;;;2*+1;;;2*-1. The molecule has 0 bridgehead atoms. The van der Waals surface area contributed by atoms with Crippen molar-refractivity contribution >= 4 is 19.1 Å². The van der Waals surface area contributed by atoms with Gasteiger partial charge in [0.25, 0.3) is 0 Å². The molecule has 0 unspecified atom stereocenters. The second-order valence-electron chi connectivity index (χ2n) is 4.35. The Balaban J connectivity index is -0.0000000242. The van der Waals surface area contributed by atoms with E-state index in [0.717, 1.165) is 17.8 Å². The molecule has 1 aliphatic carbocycles. The van der Waals surface area contributed by atoms with E-state index in [4.69, 9.17) is 24.4 Å². The Morgan fingerprint density at radius 3 is 1.50 bits per heavy atom. The van der Waals surface area contributed by atoms with Crippen LogP contribution in [0.15, 0.2) is 0 Å². The van der Waals surface area contributed by atoms with E-state index < -0.39 is 0 Å². The number of carbonyl (C=O) groups excluding carboxylic acids is 1. The van der Waals surface area contributed by atoms with Gasteiger partial charge in [0.05, 0.1) is 0 Å². The molecule has 0 aromatic rings. The molecule has 0 radical (unpaired) electrons. The van der Waals surface area contributed by atoms with Gasteiger partial charge in [0.15, 0.2) is 12.3 Å². The van der Waals surface area contributed by atoms with Crippen LogP contribution in [0.3, 0.4) is 0 Å². The van der Waals surface area contributed by atoms with Gasteiger partial charge in [0.2, 0.25) is 0 Å². The summed E-state index contributed by atoms with van der Waals surface area (Å²) < 4.78 is 14.1. The predicted molar refractivity (Wildman–Crippen MR) is 73.4 cm³/mol. The molecule has 0 atom stereocenters. The summed E-state index contributed by atoms with van der Waals surface area (Å²) in [4.78, 5) is 8.00. The first kappa shape index (κ1) is 38.1. The van der Waals surface area contributed by atoms with Crippen LogP contribution < -0.4 is 59.1 Å². The Morgan fingerprint density at radius 2 is 1.30 bits per heavy atom. The molecule has 1 saturated carbocycles. The monoisotopic (exact) mass is 374 g/mol. The van der Waals surface area contributed by atoms with Gasteiger partial charge in [-0.2, -0.15) is 0 Å². The van der Waals surface area contributed by atoms with Crippen molar-refractivity contribution in [1.29, 1.82) is 0 Å². The summed E-state index contributed by atoms with van der Waals surface area (Å²) in [5.41, 5.74) is 0. The fourth-order valence-electron chi connectivity index (χ4n) is 1.95. The molecule has 20 heavy (non-hydrogen) atoms. The van der Waals surface area contributed by atoms with E-state index in [1.54, 1.807) is 0 Å². The fraction of sp³-hybridized carbons (Fsp3) is 0.909. The maximum Gasteiger partial charge on any atom is 1.00 e. The van der Waals surface area contributed by atoms with E-state index >= 15 is 0 Å². The molecule has 0 aliphatic heterocycles. The van der Waals surface area contributed by atoms with Gasteiger partial charge in [-0.25, -0.2) is 0 Å². The normalized spacial score (nSPS) is 18.8. The average Bonchev–Trinajstić information content (AvgIpc) is 2.36. The van der Waals surface area contributed by atoms with Crippen molar-refractivity contribution in [3.8, 4) is 0 Å². The van der Waals surface area contributed by atoms with Crippen LogP contribution in [0.1, 0.15) is 49.3 Å². The van der Waals surface area contributed by atoms with Gasteiger partial charge in [0, 0.05) is 17.1 Å². The molecule has 1 rings (SSSR count). The van der Waals surface area contributed by atoms with Gasteiger partial charge < -0.3 is 16.8 Å². The number of rotatable bonds is 1. The molecule has 0 heterocycles. The molecular formula is C11H28FeNa2O5S. The first-order valence-electron chi connectivity index (χ1n) is 5.55. The molecule has 5 nitrogen and oxygen atoms in total. The Bertz CT molecular complexity index is 152. The minimum Gasteiger partial charge on any atom is -1.00 e. The zero-order chi connectivity index (χ0) is 14.3. The first-order valence-corrected chi connectivity index (χ1v) is 6.28. The molecule has 0 amide bonds. The zero-order valence-corrected chi connectivity index (χ0v) is 19.1. The third-order valence-electron chi connectivity index (χ3n) is 3.00. The molecule has 0 aromatic heterocycles. The van der Waals surface area contributed by atoms with E-state index in [2.05, 4.69) is 20.8 Å². The van der Waals surface area contributed by atoms with Gasteiger partial charge in [-0.1, -0.05) is 33.6 Å². The van der Waals surface area contributed by atoms with Crippen molar-refractivity contribution in [3.63, 3.8) is 0 Å². The van der Waals surface area contributed by atoms with Crippen LogP contribution in [-0.2, 0) is 21.9 Å².